The van der Waals surface area contributed by atoms with Crippen LogP contribution in [0.25, 0.3) is 0 Å². The van der Waals surface area contributed by atoms with E-state index >= 15 is 0 Å². The third-order valence-electron chi connectivity index (χ3n) is 1.19. The first-order valence-electron chi connectivity index (χ1n) is 2.95. The smallest absolute Gasteiger partial charge is 0.356 e. The quantitative estimate of drug-likeness (QED) is 0.713. The first-order chi connectivity index (χ1) is 5.52. The minimum atomic E-state index is -1.22. The maximum Gasteiger partial charge on any atom is 0.356 e. The van der Waals surface area contributed by atoms with Crippen LogP contribution < -0.4 is 0 Å². The fraction of sp³-hybridized carbons (Fsp3) is 0.167. The number of hydrogen-bond acceptors (Lipinski definition) is 3. The van der Waals surface area contributed by atoms with Gasteiger partial charge in [-0.2, -0.15) is 0 Å². The molecule has 0 radical (unpaired) electrons. The average Bonchev–Trinajstić information content (AvgIpc) is 1.96. The third-order valence-corrected chi connectivity index (χ3v) is 1.81. The second-order valence-electron chi connectivity index (χ2n) is 2.05. The number of carboxylic acid groups (broad SMARTS) is 1. The molecule has 0 aromatic carbocycles. The highest BCUT2D eigenvalue weighted by atomic mass is 35.5. The van der Waals surface area contributed by atoms with Crippen LogP contribution in [-0.2, 0) is 0 Å². The molecule has 4 nitrogen and oxygen atoms in total. The molecule has 0 aliphatic rings. The van der Waals surface area contributed by atoms with Gasteiger partial charge in [-0.05, 0) is 18.5 Å². The molecule has 0 aliphatic carbocycles. The Morgan fingerprint density at radius 3 is 2.50 bits per heavy atom. The van der Waals surface area contributed by atoms with Crippen LogP contribution in [0.15, 0.2) is 0 Å². The Balaban J connectivity index is 3.37. The number of hydrogen-bond donors (Lipinski definition) is 1. The molecule has 1 aromatic heterocycles. The standard InChI is InChI=1S/C6H4Cl2N2O2/c1-2-3(7)4(5(11)12)10-6(8)9-2/h1H3,(H,11,12). The molecule has 6 heteroatoms. The number of carboxylic acids is 1. The molecule has 0 atom stereocenters. The topological polar surface area (TPSA) is 63.1 Å². The highest BCUT2D eigenvalue weighted by Crippen LogP contribution is 2.18. The number of rotatable bonds is 1. The Bertz CT molecular complexity index is 341. The Hall–Kier alpha value is -0.870. The predicted octanol–water partition coefficient (Wildman–Crippen LogP) is 1.79. The molecular formula is C6H4Cl2N2O2. The molecule has 1 heterocycles. The van der Waals surface area contributed by atoms with Gasteiger partial charge >= 0.3 is 5.97 Å². The van der Waals surface area contributed by atoms with Crippen LogP contribution in [0.5, 0.6) is 0 Å². The van der Waals surface area contributed by atoms with Crippen molar-refractivity contribution in [3.8, 4) is 0 Å². The van der Waals surface area contributed by atoms with E-state index in [0.717, 1.165) is 0 Å². The third kappa shape index (κ3) is 1.65. The van der Waals surface area contributed by atoms with Gasteiger partial charge in [0.25, 0.3) is 0 Å². The van der Waals surface area contributed by atoms with E-state index in [1.54, 1.807) is 6.92 Å². The van der Waals surface area contributed by atoms with Crippen LogP contribution in [0, 0.1) is 6.92 Å². The van der Waals surface area contributed by atoms with Crippen LogP contribution >= 0.6 is 23.2 Å². The minimum absolute atomic E-state index is 0.0203. The van der Waals surface area contributed by atoms with Gasteiger partial charge in [0.1, 0.15) is 0 Å². The van der Waals surface area contributed by atoms with Crippen LogP contribution in [0.4, 0.5) is 0 Å². The van der Waals surface area contributed by atoms with Crippen LogP contribution in [0.1, 0.15) is 16.2 Å². The fourth-order valence-corrected chi connectivity index (χ4v) is 1.04. The van der Waals surface area contributed by atoms with Gasteiger partial charge in [0, 0.05) is 0 Å². The molecule has 0 saturated carbocycles. The van der Waals surface area contributed by atoms with Crippen molar-refractivity contribution >= 4 is 29.2 Å². The van der Waals surface area contributed by atoms with Crippen LogP contribution in [0.2, 0.25) is 10.3 Å². The summed E-state index contributed by atoms with van der Waals surface area (Å²) in [7, 11) is 0. The van der Waals surface area contributed by atoms with Gasteiger partial charge in [0.05, 0.1) is 10.7 Å². The first-order valence-corrected chi connectivity index (χ1v) is 3.71. The number of aromatic nitrogens is 2. The van der Waals surface area contributed by atoms with E-state index in [1.165, 1.54) is 0 Å². The molecule has 1 rings (SSSR count). The number of nitrogens with zero attached hydrogens (tertiary/aromatic N) is 2. The molecule has 0 aliphatic heterocycles. The molecule has 0 amide bonds. The lowest BCUT2D eigenvalue weighted by molar-refractivity contribution is 0.0690. The average molecular weight is 207 g/mol. The zero-order chi connectivity index (χ0) is 9.30. The fourth-order valence-electron chi connectivity index (χ4n) is 0.667. The van der Waals surface area contributed by atoms with Crippen molar-refractivity contribution in [3.05, 3.63) is 21.7 Å². The SMILES string of the molecule is Cc1nc(Cl)nc(C(=O)O)c1Cl. The van der Waals surface area contributed by atoms with E-state index in [2.05, 4.69) is 9.97 Å². The van der Waals surface area contributed by atoms with Gasteiger partial charge in [0.15, 0.2) is 5.69 Å². The summed E-state index contributed by atoms with van der Waals surface area (Å²) >= 11 is 11.0. The molecule has 0 saturated heterocycles. The Kier molecular flexibility index (Phi) is 2.49. The van der Waals surface area contributed by atoms with E-state index < -0.39 is 5.97 Å². The molecule has 0 unspecified atom stereocenters. The van der Waals surface area contributed by atoms with Crippen molar-refractivity contribution in [2.24, 2.45) is 0 Å². The van der Waals surface area contributed by atoms with Gasteiger partial charge in [0.2, 0.25) is 5.28 Å². The Morgan fingerprint density at radius 2 is 2.00 bits per heavy atom. The lowest BCUT2D eigenvalue weighted by atomic mass is 10.3. The van der Waals surface area contributed by atoms with Gasteiger partial charge in [-0.1, -0.05) is 11.6 Å². The molecule has 12 heavy (non-hydrogen) atoms. The van der Waals surface area contributed by atoms with Crippen LogP contribution in [-0.4, -0.2) is 21.0 Å². The monoisotopic (exact) mass is 206 g/mol. The van der Waals surface area contributed by atoms with Crippen molar-refractivity contribution in [1.29, 1.82) is 0 Å². The highest BCUT2D eigenvalue weighted by molar-refractivity contribution is 6.34. The predicted molar refractivity (Wildman–Crippen MR) is 43.7 cm³/mol. The van der Waals surface area contributed by atoms with Crippen molar-refractivity contribution in [3.63, 3.8) is 0 Å². The summed E-state index contributed by atoms with van der Waals surface area (Å²) in [6.45, 7) is 1.56. The lowest BCUT2D eigenvalue weighted by Gasteiger charge is -2.00. The van der Waals surface area contributed by atoms with E-state index in [-0.39, 0.29) is 16.0 Å². The molecule has 1 N–H and O–H groups in total. The zero-order valence-electron chi connectivity index (χ0n) is 6.01. The lowest BCUT2D eigenvalue weighted by Crippen LogP contribution is -2.04. The summed E-state index contributed by atoms with van der Waals surface area (Å²) in [5.74, 6) is -1.22. The second kappa shape index (κ2) is 3.25. The van der Waals surface area contributed by atoms with Gasteiger partial charge in [-0.3, -0.25) is 0 Å². The van der Waals surface area contributed by atoms with E-state index in [0.29, 0.717) is 5.69 Å². The first kappa shape index (κ1) is 9.22. The van der Waals surface area contributed by atoms with E-state index in [1.807, 2.05) is 0 Å². The number of aromatic carboxylic acids is 1. The zero-order valence-corrected chi connectivity index (χ0v) is 7.52. The summed E-state index contributed by atoms with van der Waals surface area (Å²) in [4.78, 5) is 17.6. The summed E-state index contributed by atoms with van der Waals surface area (Å²) in [5, 5.41) is 8.49. The Labute approximate surface area is 78.2 Å². The van der Waals surface area contributed by atoms with Crippen molar-refractivity contribution in [1.82, 2.24) is 9.97 Å². The van der Waals surface area contributed by atoms with Crippen molar-refractivity contribution in [2.75, 3.05) is 0 Å². The largest absolute Gasteiger partial charge is 0.476 e. The van der Waals surface area contributed by atoms with E-state index in [4.69, 9.17) is 28.3 Å². The number of halogens is 2. The normalized spacial score (nSPS) is 9.92. The molecule has 0 fully saturated rings. The second-order valence-corrected chi connectivity index (χ2v) is 2.76. The highest BCUT2D eigenvalue weighted by Gasteiger charge is 2.14. The van der Waals surface area contributed by atoms with E-state index in [9.17, 15) is 4.79 Å². The van der Waals surface area contributed by atoms with Crippen molar-refractivity contribution in [2.45, 2.75) is 6.92 Å². The minimum Gasteiger partial charge on any atom is -0.476 e. The molecule has 0 spiro atoms. The summed E-state index contributed by atoms with van der Waals surface area (Å²) < 4.78 is 0. The maximum absolute atomic E-state index is 10.5. The number of aryl methyl sites for hydroxylation is 1. The van der Waals surface area contributed by atoms with Gasteiger partial charge < -0.3 is 5.11 Å². The summed E-state index contributed by atoms with van der Waals surface area (Å²) in [5.41, 5.74) is 0.0863. The van der Waals surface area contributed by atoms with Crippen molar-refractivity contribution < 1.29 is 9.90 Å². The van der Waals surface area contributed by atoms with Gasteiger partial charge in [-0.25, -0.2) is 14.8 Å². The van der Waals surface area contributed by atoms with Crippen LogP contribution in [0.3, 0.4) is 0 Å². The maximum atomic E-state index is 10.5. The van der Waals surface area contributed by atoms with Gasteiger partial charge in [-0.15, -0.1) is 0 Å². The molecule has 1 aromatic rings. The molecule has 64 valence electrons. The number of carbonyl (C=O) groups is 1. The molecular weight excluding hydrogens is 203 g/mol. The molecule has 0 bridgehead atoms. The Morgan fingerprint density at radius 1 is 1.42 bits per heavy atom. The summed E-state index contributed by atoms with van der Waals surface area (Å²) in [6, 6.07) is 0. The summed E-state index contributed by atoms with van der Waals surface area (Å²) in [6.07, 6.45) is 0.